The topological polar surface area (TPSA) is 214 Å². The number of fused-ring (bicyclic) bond motifs is 1. The molecule has 18 nitrogen and oxygen atoms in total. The molecule has 3 aliphatic rings. The molecule has 18 heteroatoms. The van der Waals surface area contributed by atoms with Gasteiger partial charge in [-0.25, -0.2) is 4.99 Å². The molecule has 3 heterocycles. The lowest BCUT2D eigenvalue weighted by atomic mass is 9.80. The molecule has 2 N–H and O–H groups in total. The zero-order valence-corrected chi connectivity index (χ0v) is 40.2. The standard InChI is InChI=1S/C53H56N6O12/c1-52(2,3)34-15-27-41(28-16-34)68-31-43(60)55-51-56-48-45(49(57-51)71-44(61)29-14-33-12-21-38(22-13-33)59(63)64)54-32-58(48)50-47(67-6)46(62)42(70-50)30-69-53(35-10-8-7-9-11-35,36-17-23-39(65-4)24-18-36)37-19-25-40(66-5)26-20-37/h7-13,15-28,32,42,45-48,50,62H,14,29-31H2,1-6H3,(H,55,56,60)/t42-,45-,46-,47-,48-,50-/m1/s1. The zero-order valence-electron chi connectivity index (χ0n) is 40.2. The summed E-state index contributed by atoms with van der Waals surface area (Å²) in [5.74, 6) is 0.209. The van der Waals surface area contributed by atoms with Crippen LogP contribution in [0.5, 0.6) is 17.2 Å². The molecule has 0 aromatic heterocycles. The van der Waals surface area contributed by atoms with E-state index in [2.05, 4.69) is 36.1 Å². The number of carbonyl (C=O) groups is 2. The quantitative estimate of drug-likeness (QED) is 0.0442. The van der Waals surface area contributed by atoms with Crippen LogP contribution in [0.4, 0.5) is 5.69 Å². The average Bonchev–Trinajstić information content (AvgIpc) is 3.95. The molecule has 1 saturated heterocycles. The lowest BCUT2D eigenvalue weighted by molar-refractivity contribution is -0.384. The Bertz CT molecular complexity index is 2700. The van der Waals surface area contributed by atoms with Gasteiger partial charge in [0.15, 0.2) is 25.0 Å². The summed E-state index contributed by atoms with van der Waals surface area (Å²) in [6, 6.07) is 37.2. The van der Waals surface area contributed by atoms with Gasteiger partial charge in [0.2, 0.25) is 11.9 Å². The predicted molar refractivity (Wildman–Crippen MR) is 263 cm³/mol. The Morgan fingerprint density at radius 3 is 1.97 bits per heavy atom. The summed E-state index contributed by atoms with van der Waals surface area (Å²) in [7, 11) is 4.65. The lowest BCUT2D eigenvalue weighted by Gasteiger charge is -2.37. The van der Waals surface area contributed by atoms with Crippen LogP contribution in [0.2, 0.25) is 0 Å². The number of carbonyl (C=O) groups excluding carboxylic acids is 2. The van der Waals surface area contributed by atoms with E-state index in [-0.39, 0.29) is 49.0 Å². The van der Waals surface area contributed by atoms with E-state index in [1.165, 1.54) is 25.6 Å². The minimum atomic E-state index is -1.23. The number of nitrogens with zero attached hydrogens (tertiary/aromatic N) is 5. The van der Waals surface area contributed by atoms with Crippen molar-refractivity contribution in [2.45, 2.75) is 81.4 Å². The molecule has 0 radical (unpaired) electrons. The molecule has 0 aliphatic carbocycles. The molecule has 5 aromatic rings. The summed E-state index contributed by atoms with van der Waals surface area (Å²) in [5.41, 5.74) is 2.77. The number of aryl methyl sites for hydroxylation is 1. The number of hydrogen-bond donors (Lipinski definition) is 2. The van der Waals surface area contributed by atoms with Crippen molar-refractivity contribution in [1.29, 1.82) is 0 Å². The van der Waals surface area contributed by atoms with Crippen molar-refractivity contribution >= 4 is 35.8 Å². The highest BCUT2D eigenvalue weighted by molar-refractivity contribution is 6.08. The number of ether oxygens (including phenoxy) is 7. The largest absolute Gasteiger partial charge is 0.497 e. The van der Waals surface area contributed by atoms with E-state index < -0.39 is 59.1 Å². The number of benzene rings is 5. The fraction of sp³-hybridized carbons (Fsp3) is 0.340. The SMILES string of the molecule is COc1ccc(C(OC[C@H]2O[C@@H](N3C=N[C@H]4C(OC(=O)CCc5ccc([N+](=O)[O-])cc5)=NC(NC(=O)COc5ccc(C(C)(C)C)cc5)=N[C@@H]43)[C@H](OC)[C@@H]2O)(c2ccccc2)c2ccc(OC)cc2)cc1. The van der Waals surface area contributed by atoms with Crippen LogP contribution in [0.3, 0.4) is 0 Å². The number of aliphatic hydroxyl groups is 1. The highest BCUT2D eigenvalue weighted by Gasteiger charge is 2.53. The number of hydrogen-bond acceptors (Lipinski definition) is 16. The fourth-order valence-electron chi connectivity index (χ4n) is 8.66. The first kappa shape index (κ1) is 49.9. The second kappa shape index (κ2) is 21.6. The van der Waals surface area contributed by atoms with Gasteiger partial charge in [-0.15, -0.1) is 0 Å². The highest BCUT2D eigenvalue weighted by Crippen LogP contribution is 2.43. The monoisotopic (exact) mass is 968 g/mol. The van der Waals surface area contributed by atoms with Crippen LogP contribution in [0.25, 0.3) is 0 Å². The van der Waals surface area contributed by atoms with Crippen molar-refractivity contribution < 1.29 is 52.8 Å². The molecule has 0 spiro atoms. The molecule has 6 atom stereocenters. The number of esters is 1. The zero-order chi connectivity index (χ0) is 50.3. The van der Waals surface area contributed by atoms with Crippen molar-refractivity contribution in [1.82, 2.24) is 10.2 Å². The van der Waals surface area contributed by atoms with Crippen LogP contribution in [-0.2, 0) is 46.0 Å². The Kier molecular flexibility index (Phi) is 15.2. The van der Waals surface area contributed by atoms with E-state index >= 15 is 0 Å². The third-order valence-electron chi connectivity index (χ3n) is 12.5. The molecule has 1 fully saturated rings. The normalized spacial score (nSPS) is 20.6. The van der Waals surface area contributed by atoms with E-state index in [1.807, 2.05) is 91.0 Å². The smallest absolute Gasteiger partial charge is 0.312 e. The molecular weight excluding hydrogens is 913 g/mol. The molecule has 370 valence electrons. The fourth-order valence-corrected chi connectivity index (χ4v) is 8.66. The minimum absolute atomic E-state index is 0.0713. The molecule has 0 unspecified atom stereocenters. The van der Waals surface area contributed by atoms with Gasteiger partial charge in [0.05, 0.1) is 38.5 Å². The Labute approximate surface area is 411 Å². The van der Waals surface area contributed by atoms with Gasteiger partial charge < -0.3 is 43.2 Å². The maximum Gasteiger partial charge on any atom is 0.312 e. The number of nitro benzene ring substituents is 1. The molecule has 71 heavy (non-hydrogen) atoms. The first-order valence-corrected chi connectivity index (χ1v) is 23.0. The number of guanidine groups is 1. The Morgan fingerprint density at radius 2 is 1.39 bits per heavy atom. The predicted octanol–water partition coefficient (Wildman–Crippen LogP) is 6.50. The number of non-ortho nitro benzene ring substituents is 1. The van der Waals surface area contributed by atoms with E-state index in [0.717, 1.165) is 22.3 Å². The molecular formula is C53H56N6O12. The summed E-state index contributed by atoms with van der Waals surface area (Å²) < 4.78 is 42.4. The van der Waals surface area contributed by atoms with Gasteiger partial charge in [-0.1, -0.05) is 99.6 Å². The molecule has 0 bridgehead atoms. The van der Waals surface area contributed by atoms with Crippen molar-refractivity contribution in [2.24, 2.45) is 15.0 Å². The van der Waals surface area contributed by atoms with Gasteiger partial charge in [-0.2, -0.15) is 4.99 Å². The van der Waals surface area contributed by atoms with Crippen LogP contribution in [-0.4, -0.2) is 116 Å². The Morgan fingerprint density at radius 1 is 0.803 bits per heavy atom. The van der Waals surface area contributed by atoms with Crippen LogP contribution >= 0.6 is 0 Å². The summed E-state index contributed by atoms with van der Waals surface area (Å²) in [5, 5.41) is 25.8. The maximum absolute atomic E-state index is 13.4. The third kappa shape index (κ3) is 11.1. The maximum atomic E-state index is 13.4. The summed E-state index contributed by atoms with van der Waals surface area (Å²) in [6.45, 7) is 5.78. The lowest BCUT2D eigenvalue weighted by Crippen LogP contribution is -2.53. The van der Waals surface area contributed by atoms with Gasteiger partial charge in [-0.3, -0.25) is 30.0 Å². The minimum Gasteiger partial charge on any atom is -0.497 e. The van der Waals surface area contributed by atoms with Crippen molar-refractivity contribution in [3.05, 3.63) is 165 Å². The van der Waals surface area contributed by atoms with Crippen LogP contribution < -0.4 is 19.5 Å². The van der Waals surface area contributed by atoms with Crippen molar-refractivity contribution in [3.63, 3.8) is 0 Å². The van der Waals surface area contributed by atoms with E-state index in [1.54, 1.807) is 43.4 Å². The second-order valence-electron chi connectivity index (χ2n) is 18.1. The average molecular weight is 969 g/mol. The first-order chi connectivity index (χ1) is 34.2. The third-order valence-corrected chi connectivity index (χ3v) is 12.5. The summed E-state index contributed by atoms with van der Waals surface area (Å²) in [6.07, 6.45) is -3.62. The number of nitro groups is 1. The number of nitrogens with one attached hydrogen (secondary N) is 1. The van der Waals surface area contributed by atoms with Crippen molar-refractivity contribution in [3.8, 4) is 17.2 Å². The van der Waals surface area contributed by atoms with E-state index in [4.69, 9.17) is 38.2 Å². The molecule has 8 rings (SSSR count). The van der Waals surface area contributed by atoms with Crippen molar-refractivity contribution in [2.75, 3.05) is 34.5 Å². The first-order valence-electron chi connectivity index (χ1n) is 23.0. The second-order valence-corrected chi connectivity index (χ2v) is 18.1. The summed E-state index contributed by atoms with van der Waals surface area (Å²) >= 11 is 0. The molecule has 1 amide bonds. The molecule has 3 aliphatic heterocycles. The van der Waals surface area contributed by atoms with Gasteiger partial charge in [0.25, 0.3) is 11.6 Å². The number of aliphatic imine (C=N–C) groups is 3. The molecule has 0 saturated carbocycles. The number of rotatable bonds is 17. The summed E-state index contributed by atoms with van der Waals surface area (Å²) in [4.78, 5) is 53.0. The van der Waals surface area contributed by atoms with Gasteiger partial charge in [0.1, 0.15) is 41.2 Å². The number of aliphatic hydroxyl groups excluding tert-OH is 1. The number of amides is 1. The van der Waals surface area contributed by atoms with Gasteiger partial charge in [0, 0.05) is 19.2 Å². The molecule has 5 aromatic carbocycles. The van der Waals surface area contributed by atoms with Crippen LogP contribution in [0.15, 0.2) is 142 Å². The Hall–Kier alpha value is -7.51. The van der Waals surface area contributed by atoms with Gasteiger partial charge >= 0.3 is 5.97 Å². The number of methoxy groups -OCH3 is 3. The van der Waals surface area contributed by atoms with Crippen LogP contribution in [0, 0.1) is 10.1 Å². The Balaban J connectivity index is 1.04. The van der Waals surface area contributed by atoms with E-state index in [0.29, 0.717) is 22.8 Å². The van der Waals surface area contributed by atoms with Gasteiger partial charge in [-0.05, 0) is 76.1 Å². The highest BCUT2D eigenvalue weighted by atomic mass is 16.6. The van der Waals surface area contributed by atoms with E-state index in [9.17, 15) is 24.8 Å². The van der Waals surface area contributed by atoms with Crippen LogP contribution in [0.1, 0.15) is 55.0 Å².